The molecule has 2 aromatic heterocycles. The van der Waals surface area contributed by atoms with Crippen molar-refractivity contribution in [2.24, 2.45) is 0 Å². The van der Waals surface area contributed by atoms with E-state index in [1.165, 1.54) is 71.9 Å². The summed E-state index contributed by atoms with van der Waals surface area (Å²) in [4.78, 5) is 2.46. The first-order valence-corrected chi connectivity index (χ1v) is 20.4. The first-order valence-electron chi connectivity index (χ1n) is 20.4. The Morgan fingerprint density at radius 3 is 1.71 bits per heavy atom. The molecular weight excluding hydrogens is 717 g/mol. The minimum Gasteiger partial charge on any atom is -0.456 e. The van der Waals surface area contributed by atoms with Crippen molar-refractivity contribution >= 4 is 60.8 Å². The van der Waals surface area contributed by atoms with E-state index in [1.807, 2.05) is 0 Å². The molecule has 0 saturated carbocycles. The smallest absolute Gasteiger partial charge is 0.137 e. The van der Waals surface area contributed by atoms with Crippen LogP contribution in [0.25, 0.3) is 71.7 Å². The highest BCUT2D eigenvalue weighted by atomic mass is 16.3. The summed E-state index contributed by atoms with van der Waals surface area (Å²) in [6.45, 7) is 2.14. The van der Waals surface area contributed by atoms with Gasteiger partial charge in [-0.05, 0) is 118 Å². The summed E-state index contributed by atoms with van der Waals surface area (Å²) in [5.41, 5.74) is 19.8. The van der Waals surface area contributed by atoms with E-state index in [4.69, 9.17) is 4.42 Å². The van der Waals surface area contributed by atoms with Crippen LogP contribution in [0.3, 0.4) is 0 Å². The first kappa shape index (κ1) is 32.5. The molecule has 0 radical (unpaired) electrons. The van der Waals surface area contributed by atoms with Crippen molar-refractivity contribution in [2.45, 2.75) is 12.3 Å². The molecule has 0 aliphatic heterocycles. The van der Waals surface area contributed by atoms with Gasteiger partial charge in [-0.15, -0.1) is 0 Å². The first-order chi connectivity index (χ1) is 29.2. The second-order valence-corrected chi connectivity index (χ2v) is 16.1. The SMILES string of the molecule is Cc1ccc(-n2c3ccccc3c3cc(N(c4ccc5c(c4)C4(c6ccccc6-c6ccccc64)c4ccccc4-5)c4cccc5oc6ccccc6c45)ccc32)cc1. The topological polar surface area (TPSA) is 21.3 Å². The van der Waals surface area contributed by atoms with Crippen LogP contribution in [0.2, 0.25) is 0 Å². The number of rotatable bonds is 4. The quantitative estimate of drug-likeness (QED) is 0.179. The Morgan fingerprint density at radius 1 is 0.424 bits per heavy atom. The van der Waals surface area contributed by atoms with E-state index in [-0.39, 0.29) is 0 Å². The Kier molecular flexibility index (Phi) is 6.58. The lowest BCUT2D eigenvalue weighted by atomic mass is 9.70. The van der Waals surface area contributed by atoms with Crippen molar-refractivity contribution in [3.05, 3.63) is 228 Å². The summed E-state index contributed by atoms with van der Waals surface area (Å²) in [6.07, 6.45) is 0. The van der Waals surface area contributed by atoms with Crippen LogP contribution in [0.1, 0.15) is 27.8 Å². The number of hydrogen-bond donors (Lipinski definition) is 0. The molecule has 0 unspecified atom stereocenters. The summed E-state index contributed by atoms with van der Waals surface area (Å²) in [7, 11) is 0. The molecule has 2 aliphatic rings. The van der Waals surface area contributed by atoms with Crippen molar-refractivity contribution < 1.29 is 4.42 Å². The molecule has 0 bridgehead atoms. The molecule has 0 atom stereocenters. The van der Waals surface area contributed by atoms with Crippen LogP contribution in [0.4, 0.5) is 17.1 Å². The molecule has 11 aromatic rings. The second kappa shape index (κ2) is 12.0. The number of anilines is 3. The monoisotopic (exact) mass is 752 g/mol. The highest BCUT2D eigenvalue weighted by Gasteiger charge is 2.51. The highest BCUT2D eigenvalue weighted by Crippen LogP contribution is 2.63. The van der Waals surface area contributed by atoms with Crippen LogP contribution in [0, 0.1) is 6.92 Å². The number of benzene rings is 9. The molecule has 2 aliphatic carbocycles. The van der Waals surface area contributed by atoms with Gasteiger partial charge in [0.2, 0.25) is 0 Å². The van der Waals surface area contributed by atoms with Gasteiger partial charge < -0.3 is 13.9 Å². The lowest BCUT2D eigenvalue weighted by Crippen LogP contribution is -2.26. The van der Waals surface area contributed by atoms with Crippen LogP contribution in [-0.4, -0.2) is 4.57 Å². The summed E-state index contributed by atoms with van der Waals surface area (Å²) < 4.78 is 8.94. The van der Waals surface area contributed by atoms with Gasteiger partial charge in [0.05, 0.1) is 27.5 Å². The van der Waals surface area contributed by atoms with Crippen LogP contribution in [-0.2, 0) is 5.41 Å². The molecule has 0 fully saturated rings. The molecule has 276 valence electrons. The zero-order valence-corrected chi connectivity index (χ0v) is 32.4. The molecule has 13 rings (SSSR count). The van der Waals surface area contributed by atoms with Crippen LogP contribution in [0.15, 0.2) is 205 Å². The summed E-state index contributed by atoms with van der Waals surface area (Å²) in [5.74, 6) is 0. The fourth-order valence-corrected chi connectivity index (χ4v) is 10.7. The minimum absolute atomic E-state index is 0.458. The number of fused-ring (bicyclic) bond motifs is 16. The Morgan fingerprint density at radius 2 is 0.983 bits per heavy atom. The Balaban J connectivity index is 1.12. The molecule has 0 N–H and O–H groups in total. The maximum absolute atomic E-state index is 6.54. The number of furan rings is 1. The third-order valence-electron chi connectivity index (χ3n) is 13.1. The van der Waals surface area contributed by atoms with Gasteiger partial charge in [-0.1, -0.05) is 139 Å². The average molecular weight is 753 g/mol. The standard InChI is InChI=1S/C56H36N2O/c1-35-25-27-36(28-26-35)58-50-21-10-5-16-43(50)45-33-37(30-32-51(45)58)57(52-22-12-24-54-55(52)44-17-6-11-23-53(44)59-54)38-29-31-42-41-15-4-9-20-48(41)56(49(42)34-38)46-18-7-2-13-39(46)40-14-3-8-19-47(40)56/h2-34H,1H3. The van der Waals surface area contributed by atoms with Gasteiger partial charge in [0.15, 0.2) is 0 Å². The predicted octanol–water partition coefficient (Wildman–Crippen LogP) is 14.8. The van der Waals surface area contributed by atoms with Crippen molar-refractivity contribution in [3.8, 4) is 27.9 Å². The van der Waals surface area contributed by atoms with E-state index in [0.717, 1.165) is 44.7 Å². The molecule has 3 nitrogen and oxygen atoms in total. The normalized spacial score (nSPS) is 13.3. The van der Waals surface area contributed by atoms with Crippen molar-refractivity contribution in [1.82, 2.24) is 4.57 Å². The maximum atomic E-state index is 6.54. The fraction of sp³-hybridized carbons (Fsp3) is 0.0357. The van der Waals surface area contributed by atoms with Gasteiger partial charge in [0.25, 0.3) is 0 Å². The summed E-state index contributed by atoms with van der Waals surface area (Å²) >= 11 is 0. The lowest BCUT2D eigenvalue weighted by Gasteiger charge is -2.32. The van der Waals surface area contributed by atoms with Crippen molar-refractivity contribution in [1.29, 1.82) is 0 Å². The average Bonchev–Trinajstić information content (AvgIpc) is 4.01. The van der Waals surface area contributed by atoms with Crippen molar-refractivity contribution in [2.75, 3.05) is 4.90 Å². The molecule has 9 aromatic carbocycles. The number of aromatic nitrogens is 1. The number of nitrogens with zero attached hydrogens (tertiary/aromatic N) is 2. The van der Waals surface area contributed by atoms with E-state index in [9.17, 15) is 0 Å². The molecule has 0 saturated heterocycles. The number of aryl methyl sites for hydroxylation is 1. The number of hydrogen-bond acceptors (Lipinski definition) is 2. The van der Waals surface area contributed by atoms with E-state index < -0.39 is 5.41 Å². The zero-order chi connectivity index (χ0) is 38.8. The fourth-order valence-electron chi connectivity index (χ4n) is 10.7. The largest absolute Gasteiger partial charge is 0.456 e. The maximum Gasteiger partial charge on any atom is 0.137 e. The minimum atomic E-state index is -0.458. The Labute approximate surface area is 341 Å². The molecular formula is C56H36N2O. The Bertz CT molecular complexity index is 3470. The highest BCUT2D eigenvalue weighted by molar-refractivity contribution is 6.15. The molecule has 0 amide bonds. The summed E-state index contributed by atoms with van der Waals surface area (Å²) in [5, 5.41) is 4.63. The van der Waals surface area contributed by atoms with E-state index >= 15 is 0 Å². The molecule has 1 spiro atoms. The van der Waals surface area contributed by atoms with Gasteiger partial charge in [-0.2, -0.15) is 0 Å². The molecule has 2 heterocycles. The van der Waals surface area contributed by atoms with E-state index in [2.05, 4.69) is 217 Å². The van der Waals surface area contributed by atoms with Crippen LogP contribution >= 0.6 is 0 Å². The van der Waals surface area contributed by atoms with E-state index in [0.29, 0.717) is 0 Å². The molecule has 3 heteroatoms. The van der Waals surface area contributed by atoms with Crippen molar-refractivity contribution in [3.63, 3.8) is 0 Å². The predicted molar refractivity (Wildman–Crippen MR) is 244 cm³/mol. The zero-order valence-electron chi connectivity index (χ0n) is 32.4. The second-order valence-electron chi connectivity index (χ2n) is 16.1. The van der Waals surface area contributed by atoms with Crippen LogP contribution in [0.5, 0.6) is 0 Å². The third-order valence-corrected chi connectivity index (χ3v) is 13.1. The van der Waals surface area contributed by atoms with Gasteiger partial charge in [0.1, 0.15) is 11.2 Å². The van der Waals surface area contributed by atoms with Crippen LogP contribution < -0.4 is 4.90 Å². The van der Waals surface area contributed by atoms with E-state index in [1.54, 1.807) is 0 Å². The lowest BCUT2D eigenvalue weighted by molar-refractivity contribution is 0.669. The number of para-hydroxylation sites is 2. The van der Waals surface area contributed by atoms with Gasteiger partial charge >= 0.3 is 0 Å². The van der Waals surface area contributed by atoms with Gasteiger partial charge in [0, 0.05) is 33.2 Å². The molecule has 59 heavy (non-hydrogen) atoms. The van der Waals surface area contributed by atoms with Gasteiger partial charge in [-0.3, -0.25) is 0 Å². The summed E-state index contributed by atoms with van der Waals surface area (Å²) in [6, 6.07) is 73.8. The Hall–Kier alpha value is -7.62. The third kappa shape index (κ3) is 4.31. The van der Waals surface area contributed by atoms with Gasteiger partial charge in [-0.25, -0.2) is 0 Å².